The van der Waals surface area contributed by atoms with Gasteiger partial charge in [-0.25, -0.2) is 4.39 Å². The van der Waals surface area contributed by atoms with Crippen molar-refractivity contribution in [2.75, 3.05) is 19.0 Å². The lowest BCUT2D eigenvalue weighted by Crippen LogP contribution is -2.41. The highest BCUT2D eigenvalue weighted by atomic mass is 28.4. The number of benzene rings is 2. The summed E-state index contributed by atoms with van der Waals surface area (Å²) in [6.45, 7) is 6.20. The summed E-state index contributed by atoms with van der Waals surface area (Å²) in [6, 6.07) is 16.5. The molecular formula is C20H25FN2OSi. The smallest absolute Gasteiger partial charge is 0.186 e. The second-order valence-electron chi connectivity index (χ2n) is 7.40. The van der Waals surface area contributed by atoms with E-state index in [0.717, 1.165) is 16.8 Å². The molecule has 0 amide bonds. The quantitative estimate of drug-likeness (QED) is 0.704. The van der Waals surface area contributed by atoms with Gasteiger partial charge in [0, 0.05) is 26.2 Å². The van der Waals surface area contributed by atoms with Gasteiger partial charge in [-0.2, -0.15) is 5.26 Å². The normalized spacial score (nSPS) is 13.8. The van der Waals surface area contributed by atoms with Crippen LogP contribution in [0.5, 0.6) is 0 Å². The van der Waals surface area contributed by atoms with Gasteiger partial charge in [0.05, 0.1) is 0 Å². The van der Waals surface area contributed by atoms with Gasteiger partial charge in [0.1, 0.15) is 11.9 Å². The molecule has 2 aromatic rings. The van der Waals surface area contributed by atoms with Crippen LogP contribution in [0.1, 0.15) is 11.1 Å². The molecule has 2 aromatic carbocycles. The molecule has 2 rings (SSSR count). The number of hydrogen-bond donors (Lipinski definition) is 0. The van der Waals surface area contributed by atoms with Crippen LogP contribution >= 0.6 is 0 Å². The molecule has 1 atom stereocenters. The predicted molar refractivity (Wildman–Crippen MR) is 103 cm³/mol. The zero-order chi connectivity index (χ0) is 18.7. The number of rotatable bonds is 6. The second kappa shape index (κ2) is 7.38. The largest absolute Gasteiger partial charge is 0.396 e. The molecule has 132 valence electrons. The summed E-state index contributed by atoms with van der Waals surface area (Å²) in [5.41, 5.74) is 1.68. The molecule has 1 unspecified atom stereocenters. The van der Waals surface area contributed by atoms with Crippen molar-refractivity contribution in [1.82, 2.24) is 0 Å². The fourth-order valence-corrected chi connectivity index (χ4v) is 4.05. The Bertz CT molecular complexity index is 745. The fraction of sp³-hybridized carbons (Fsp3) is 0.350. The zero-order valence-corrected chi connectivity index (χ0v) is 16.5. The van der Waals surface area contributed by atoms with Crippen LogP contribution in [0.2, 0.25) is 19.6 Å². The first-order chi connectivity index (χ1) is 11.6. The monoisotopic (exact) mass is 356 g/mol. The summed E-state index contributed by atoms with van der Waals surface area (Å²) >= 11 is 0. The standard InChI is InChI=1S/C20H25FN2OSi/c1-23(2)19-12-8-17(9-13-19)20(15-22,24-25(3,4)5)14-16-6-10-18(21)11-7-16/h6-13H,14H2,1-5H3. The summed E-state index contributed by atoms with van der Waals surface area (Å²) in [5, 5.41) is 10.1. The first-order valence-electron chi connectivity index (χ1n) is 8.29. The molecule has 0 saturated carbocycles. The van der Waals surface area contributed by atoms with Gasteiger partial charge in [-0.1, -0.05) is 24.3 Å². The molecule has 3 nitrogen and oxygen atoms in total. The molecule has 0 radical (unpaired) electrons. The van der Waals surface area contributed by atoms with Gasteiger partial charge in [-0.15, -0.1) is 0 Å². The van der Waals surface area contributed by atoms with E-state index in [2.05, 4.69) is 25.7 Å². The molecule has 0 aromatic heterocycles. The Balaban J connectivity index is 2.47. The Hall–Kier alpha value is -2.16. The first kappa shape index (κ1) is 19.2. The first-order valence-corrected chi connectivity index (χ1v) is 11.7. The maximum absolute atomic E-state index is 13.2. The van der Waals surface area contributed by atoms with E-state index in [1.54, 1.807) is 12.1 Å². The van der Waals surface area contributed by atoms with E-state index in [4.69, 9.17) is 4.43 Å². The van der Waals surface area contributed by atoms with Gasteiger partial charge in [0.25, 0.3) is 0 Å². The number of anilines is 1. The van der Waals surface area contributed by atoms with Gasteiger partial charge >= 0.3 is 0 Å². The van der Waals surface area contributed by atoms with Crippen LogP contribution in [0.15, 0.2) is 48.5 Å². The summed E-state index contributed by atoms with van der Waals surface area (Å²) in [6.07, 6.45) is 0.384. The summed E-state index contributed by atoms with van der Waals surface area (Å²) in [7, 11) is 1.95. The van der Waals surface area contributed by atoms with Crippen LogP contribution in [-0.4, -0.2) is 22.4 Å². The highest BCUT2D eigenvalue weighted by Crippen LogP contribution is 2.34. The topological polar surface area (TPSA) is 36.3 Å². The lowest BCUT2D eigenvalue weighted by Gasteiger charge is -2.34. The number of halogens is 1. The van der Waals surface area contributed by atoms with Crippen molar-refractivity contribution >= 4 is 14.0 Å². The Morgan fingerprint density at radius 3 is 2.04 bits per heavy atom. The Labute approximate surface area is 150 Å². The van der Waals surface area contributed by atoms with Crippen molar-refractivity contribution in [1.29, 1.82) is 5.26 Å². The van der Waals surface area contributed by atoms with E-state index in [1.807, 2.05) is 43.3 Å². The van der Waals surface area contributed by atoms with Crippen molar-refractivity contribution in [3.8, 4) is 6.07 Å². The van der Waals surface area contributed by atoms with Crippen molar-refractivity contribution in [2.45, 2.75) is 31.7 Å². The number of nitrogens with zero attached hydrogens (tertiary/aromatic N) is 2. The van der Waals surface area contributed by atoms with Gasteiger partial charge < -0.3 is 9.33 Å². The van der Waals surface area contributed by atoms with Crippen molar-refractivity contribution in [3.63, 3.8) is 0 Å². The highest BCUT2D eigenvalue weighted by molar-refractivity contribution is 6.69. The zero-order valence-electron chi connectivity index (χ0n) is 15.5. The van der Waals surface area contributed by atoms with E-state index < -0.39 is 13.9 Å². The molecule has 25 heavy (non-hydrogen) atoms. The Kier molecular flexibility index (Phi) is 5.66. The van der Waals surface area contributed by atoms with E-state index in [1.165, 1.54) is 12.1 Å². The van der Waals surface area contributed by atoms with Crippen LogP contribution in [0.3, 0.4) is 0 Å². The van der Waals surface area contributed by atoms with Crippen LogP contribution in [-0.2, 0) is 16.4 Å². The molecular weight excluding hydrogens is 331 g/mol. The molecule has 0 bridgehead atoms. The molecule has 0 fully saturated rings. The molecule has 0 N–H and O–H groups in total. The van der Waals surface area contributed by atoms with Gasteiger partial charge in [-0.05, 0) is 55.0 Å². The molecule has 0 heterocycles. The van der Waals surface area contributed by atoms with Gasteiger partial charge in [0.15, 0.2) is 13.9 Å². The molecule has 0 aliphatic heterocycles. The third-order valence-electron chi connectivity index (χ3n) is 3.88. The predicted octanol–water partition coefficient (Wildman–Crippen LogP) is 4.70. The maximum atomic E-state index is 13.2. The van der Waals surface area contributed by atoms with Gasteiger partial charge in [-0.3, -0.25) is 0 Å². The SMILES string of the molecule is CN(C)c1ccc(C(C#N)(Cc2ccc(F)cc2)O[Si](C)(C)C)cc1. The lowest BCUT2D eigenvalue weighted by molar-refractivity contribution is 0.119. The fourth-order valence-electron chi connectivity index (χ4n) is 2.77. The number of hydrogen-bond acceptors (Lipinski definition) is 3. The molecule has 0 saturated heterocycles. The maximum Gasteiger partial charge on any atom is 0.186 e. The Morgan fingerprint density at radius 2 is 1.60 bits per heavy atom. The summed E-state index contributed by atoms with van der Waals surface area (Å²) in [4.78, 5) is 2.01. The minimum atomic E-state index is -2.00. The average Bonchev–Trinajstić information content (AvgIpc) is 2.55. The third kappa shape index (κ3) is 4.91. The van der Waals surface area contributed by atoms with Crippen LogP contribution in [0, 0.1) is 17.1 Å². The summed E-state index contributed by atoms with van der Waals surface area (Å²) in [5.74, 6) is -0.284. The molecule has 0 spiro atoms. The van der Waals surface area contributed by atoms with E-state index >= 15 is 0 Å². The van der Waals surface area contributed by atoms with E-state index in [0.29, 0.717) is 6.42 Å². The minimum Gasteiger partial charge on any atom is -0.396 e. The molecule has 0 aliphatic carbocycles. The molecule has 0 aliphatic rings. The van der Waals surface area contributed by atoms with Crippen LogP contribution < -0.4 is 4.90 Å². The minimum absolute atomic E-state index is 0.284. The van der Waals surface area contributed by atoms with Crippen molar-refractivity contribution in [3.05, 3.63) is 65.5 Å². The average molecular weight is 357 g/mol. The van der Waals surface area contributed by atoms with Crippen molar-refractivity contribution in [2.24, 2.45) is 0 Å². The Morgan fingerprint density at radius 1 is 1.04 bits per heavy atom. The lowest BCUT2D eigenvalue weighted by atomic mass is 9.88. The highest BCUT2D eigenvalue weighted by Gasteiger charge is 2.38. The van der Waals surface area contributed by atoms with Gasteiger partial charge in [0.2, 0.25) is 0 Å². The molecule has 5 heteroatoms. The van der Waals surface area contributed by atoms with Crippen molar-refractivity contribution < 1.29 is 8.82 Å². The third-order valence-corrected chi connectivity index (χ3v) is 4.84. The van der Waals surface area contributed by atoms with E-state index in [9.17, 15) is 9.65 Å². The second-order valence-corrected chi connectivity index (χ2v) is 11.8. The van der Waals surface area contributed by atoms with Crippen LogP contribution in [0.25, 0.3) is 0 Å². The van der Waals surface area contributed by atoms with Crippen LogP contribution in [0.4, 0.5) is 10.1 Å². The number of nitriles is 1. The summed E-state index contributed by atoms with van der Waals surface area (Å²) < 4.78 is 19.6. The van der Waals surface area contributed by atoms with E-state index in [-0.39, 0.29) is 5.82 Å².